The Labute approximate surface area is 124 Å². The van der Waals surface area contributed by atoms with E-state index in [2.05, 4.69) is 10.1 Å². The Hall–Kier alpha value is -0.760. The molecule has 1 heterocycles. The lowest BCUT2D eigenvalue weighted by atomic mass is 10.1. The number of nitrogens with one attached hydrogen (secondary N) is 2. The molecule has 4 N–H and O–H groups in total. The highest BCUT2D eigenvalue weighted by molar-refractivity contribution is 7.99. The summed E-state index contributed by atoms with van der Waals surface area (Å²) in [6.07, 6.45) is 1.08. The van der Waals surface area contributed by atoms with Crippen molar-refractivity contribution in [3.8, 4) is 0 Å². The summed E-state index contributed by atoms with van der Waals surface area (Å²) in [6.45, 7) is 4.09. The standard InChI is InChI=1S/C13H21N3O2S2/c1-9-5-12(16-14)6-10(2)13(9)20(17,18)15-7-11-3-4-19-8-11/h5-6,11,15-16H,3-4,7-8,14H2,1-2H3. The third kappa shape index (κ3) is 3.46. The summed E-state index contributed by atoms with van der Waals surface area (Å²) in [5, 5.41) is 0. The summed E-state index contributed by atoms with van der Waals surface area (Å²) in [7, 11) is -3.46. The van der Waals surface area contributed by atoms with Crippen molar-refractivity contribution in [2.45, 2.75) is 25.2 Å². The Morgan fingerprint density at radius 3 is 2.50 bits per heavy atom. The molecule has 5 nitrogen and oxygen atoms in total. The van der Waals surface area contributed by atoms with E-state index in [1.165, 1.54) is 0 Å². The number of aryl methyl sites for hydroxylation is 2. The molecule has 0 saturated carbocycles. The molecule has 0 aromatic heterocycles. The summed E-state index contributed by atoms with van der Waals surface area (Å²) in [4.78, 5) is 0.363. The predicted molar refractivity (Wildman–Crippen MR) is 84.3 cm³/mol. The monoisotopic (exact) mass is 315 g/mol. The van der Waals surface area contributed by atoms with Gasteiger partial charge in [0, 0.05) is 12.2 Å². The van der Waals surface area contributed by atoms with Gasteiger partial charge in [-0.25, -0.2) is 13.1 Å². The smallest absolute Gasteiger partial charge is 0.241 e. The molecule has 20 heavy (non-hydrogen) atoms. The molecule has 1 saturated heterocycles. The van der Waals surface area contributed by atoms with Gasteiger partial charge in [0.1, 0.15) is 0 Å². The minimum atomic E-state index is -3.46. The van der Waals surface area contributed by atoms with Crippen LogP contribution in [0.25, 0.3) is 0 Å². The molecule has 2 rings (SSSR count). The Morgan fingerprint density at radius 2 is 2.00 bits per heavy atom. The van der Waals surface area contributed by atoms with Crippen LogP contribution in [-0.4, -0.2) is 26.5 Å². The van der Waals surface area contributed by atoms with E-state index in [9.17, 15) is 8.42 Å². The van der Waals surface area contributed by atoms with Gasteiger partial charge in [0.25, 0.3) is 0 Å². The van der Waals surface area contributed by atoms with Gasteiger partial charge in [0.15, 0.2) is 0 Å². The number of hydrazine groups is 1. The zero-order valence-corrected chi connectivity index (χ0v) is 13.4. The first-order valence-electron chi connectivity index (χ1n) is 6.59. The highest BCUT2D eigenvalue weighted by Gasteiger charge is 2.23. The van der Waals surface area contributed by atoms with Gasteiger partial charge in [0.2, 0.25) is 10.0 Å². The zero-order valence-electron chi connectivity index (χ0n) is 11.8. The maximum Gasteiger partial charge on any atom is 0.241 e. The molecule has 1 aliphatic rings. The van der Waals surface area contributed by atoms with Crippen molar-refractivity contribution >= 4 is 27.5 Å². The highest BCUT2D eigenvalue weighted by Crippen LogP contribution is 2.26. The molecule has 0 spiro atoms. The van der Waals surface area contributed by atoms with E-state index < -0.39 is 10.0 Å². The minimum absolute atomic E-state index is 0.363. The number of hydrogen-bond acceptors (Lipinski definition) is 5. The van der Waals surface area contributed by atoms with E-state index in [0.29, 0.717) is 34.2 Å². The van der Waals surface area contributed by atoms with Gasteiger partial charge in [-0.2, -0.15) is 11.8 Å². The Kier molecular flexibility index (Phi) is 4.95. The molecular formula is C13H21N3O2S2. The van der Waals surface area contributed by atoms with Crippen molar-refractivity contribution in [1.82, 2.24) is 4.72 Å². The lowest BCUT2D eigenvalue weighted by molar-refractivity contribution is 0.545. The highest BCUT2D eigenvalue weighted by atomic mass is 32.2. The van der Waals surface area contributed by atoms with Crippen LogP contribution in [0.2, 0.25) is 0 Å². The van der Waals surface area contributed by atoms with Gasteiger partial charge in [-0.15, -0.1) is 0 Å². The topological polar surface area (TPSA) is 84.2 Å². The van der Waals surface area contributed by atoms with Crippen LogP contribution in [0, 0.1) is 19.8 Å². The largest absolute Gasteiger partial charge is 0.324 e. The van der Waals surface area contributed by atoms with E-state index >= 15 is 0 Å². The second-order valence-corrected chi connectivity index (χ2v) is 8.02. The number of sulfonamides is 1. The van der Waals surface area contributed by atoms with Crippen LogP contribution in [0.1, 0.15) is 17.5 Å². The van der Waals surface area contributed by atoms with Crippen molar-refractivity contribution < 1.29 is 8.42 Å². The second kappa shape index (κ2) is 6.34. The Balaban J connectivity index is 2.20. The number of nitrogens with two attached hydrogens (primary N) is 1. The van der Waals surface area contributed by atoms with Crippen molar-refractivity contribution in [2.24, 2.45) is 11.8 Å². The molecule has 7 heteroatoms. The van der Waals surface area contributed by atoms with Crippen LogP contribution >= 0.6 is 11.8 Å². The summed E-state index contributed by atoms with van der Waals surface area (Å²) >= 11 is 1.88. The van der Waals surface area contributed by atoms with Gasteiger partial charge in [-0.05, 0) is 61.0 Å². The fourth-order valence-electron chi connectivity index (χ4n) is 2.50. The molecule has 1 aliphatic heterocycles. The lowest BCUT2D eigenvalue weighted by Crippen LogP contribution is -2.30. The molecular weight excluding hydrogens is 294 g/mol. The number of nitrogen functional groups attached to an aromatic ring is 1. The average molecular weight is 315 g/mol. The van der Waals surface area contributed by atoms with Gasteiger partial charge >= 0.3 is 0 Å². The van der Waals surface area contributed by atoms with Crippen LogP contribution in [0.3, 0.4) is 0 Å². The number of rotatable bonds is 5. The Bertz CT molecular complexity index is 558. The third-order valence-corrected chi connectivity index (χ3v) is 6.44. The van der Waals surface area contributed by atoms with E-state index in [0.717, 1.165) is 17.9 Å². The average Bonchev–Trinajstić information content (AvgIpc) is 2.88. The van der Waals surface area contributed by atoms with Crippen molar-refractivity contribution in [2.75, 3.05) is 23.5 Å². The minimum Gasteiger partial charge on any atom is -0.324 e. The molecule has 1 aromatic carbocycles. The quantitative estimate of drug-likeness (QED) is 0.568. The molecule has 1 fully saturated rings. The van der Waals surface area contributed by atoms with Gasteiger partial charge in [-0.3, -0.25) is 5.84 Å². The second-order valence-electron chi connectivity index (χ2n) is 5.17. The molecule has 0 aliphatic carbocycles. The maximum atomic E-state index is 12.5. The van der Waals surface area contributed by atoms with E-state index in [1.54, 1.807) is 26.0 Å². The van der Waals surface area contributed by atoms with Gasteiger partial charge in [-0.1, -0.05) is 0 Å². The number of benzene rings is 1. The number of hydrogen-bond donors (Lipinski definition) is 3. The molecule has 0 radical (unpaired) electrons. The van der Waals surface area contributed by atoms with Crippen LogP contribution in [0.15, 0.2) is 17.0 Å². The van der Waals surface area contributed by atoms with Crippen molar-refractivity contribution in [3.63, 3.8) is 0 Å². The molecule has 1 unspecified atom stereocenters. The lowest BCUT2D eigenvalue weighted by Gasteiger charge is -2.15. The number of thioether (sulfide) groups is 1. The summed E-state index contributed by atoms with van der Waals surface area (Å²) in [6, 6.07) is 3.49. The van der Waals surface area contributed by atoms with Crippen LogP contribution < -0.4 is 16.0 Å². The first kappa shape index (κ1) is 15.6. The summed E-state index contributed by atoms with van der Waals surface area (Å²) < 4.78 is 27.7. The fourth-order valence-corrected chi connectivity index (χ4v) is 5.35. The van der Waals surface area contributed by atoms with Crippen molar-refractivity contribution in [1.29, 1.82) is 0 Å². The molecule has 1 aromatic rings. The molecule has 112 valence electrons. The molecule has 0 amide bonds. The van der Waals surface area contributed by atoms with E-state index in [1.807, 2.05) is 11.8 Å². The van der Waals surface area contributed by atoms with Crippen LogP contribution in [0.5, 0.6) is 0 Å². The van der Waals surface area contributed by atoms with E-state index in [-0.39, 0.29) is 0 Å². The summed E-state index contributed by atoms with van der Waals surface area (Å²) in [5.41, 5.74) is 4.66. The zero-order chi connectivity index (χ0) is 14.8. The normalized spacial score (nSPS) is 19.2. The SMILES string of the molecule is Cc1cc(NN)cc(C)c1S(=O)(=O)NCC1CCSC1. The first-order chi connectivity index (χ1) is 9.44. The number of anilines is 1. The van der Waals surface area contributed by atoms with Crippen LogP contribution in [0.4, 0.5) is 5.69 Å². The van der Waals surface area contributed by atoms with E-state index in [4.69, 9.17) is 5.84 Å². The van der Waals surface area contributed by atoms with Gasteiger partial charge in [0.05, 0.1) is 4.90 Å². The molecule has 1 atom stereocenters. The third-order valence-electron chi connectivity index (χ3n) is 3.48. The summed E-state index contributed by atoms with van der Waals surface area (Å²) in [5.74, 6) is 7.98. The van der Waals surface area contributed by atoms with Gasteiger partial charge < -0.3 is 5.43 Å². The van der Waals surface area contributed by atoms with Crippen LogP contribution in [-0.2, 0) is 10.0 Å². The Morgan fingerprint density at radius 1 is 1.35 bits per heavy atom. The molecule has 0 bridgehead atoms. The fraction of sp³-hybridized carbons (Fsp3) is 0.538. The predicted octanol–water partition coefficient (Wildman–Crippen LogP) is 1.62. The first-order valence-corrected chi connectivity index (χ1v) is 9.23. The maximum absolute atomic E-state index is 12.5. The van der Waals surface area contributed by atoms with Crippen molar-refractivity contribution in [3.05, 3.63) is 23.3 Å².